The zero-order valence-corrected chi connectivity index (χ0v) is 23.8. The van der Waals surface area contributed by atoms with E-state index >= 15 is 4.39 Å². The molecule has 0 radical (unpaired) electrons. The lowest BCUT2D eigenvalue weighted by Crippen LogP contribution is -2.46. The van der Waals surface area contributed by atoms with E-state index in [0.29, 0.717) is 18.8 Å². The summed E-state index contributed by atoms with van der Waals surface area (Å²) in [6.45, 7) is 9.23. The number of anilines is 1. The Labute approximate surface area is 242 Å². The van der Waals surface area contributed by atoms with E-state index in [1.807, 2.05) is 29.7 Å². The average molecular weight is 593 g/mol. The van der Waals surface area contributed by atoms with Gasteiger partial charge in [0, 0.05) is 74.1 Å². The second kappa shape index (κ2) is 14.6. The number of nitrogens with zero attached hydrogens (tertiary/aromatic N) is 4. The number of hydrazine groups is 1. The molecule has 0 aromatic heterocycles. The number of thioether (sulfide) groups is 1. The number of piperazine rings is 1. The number of carbonyl (C=O) groups excluding carboxylic acids is 3. The highest BCUT2D eigenvalue weighted by Gasteiger charge is 2.26. The number of alkyl halides is 2. The molecule has 0 bridgehead atoms. The molecule has 0 spiro atoms. The lowest BCUT2D eigenvalue weighted by Gasteiger charge is -2.34. The molecule has 2 heterocycles. The molecule has 2 aromatic carbocycles. The summed E-state index contributed by atoms with van der Waals surface area (Å²) in [5.74, 6) is -1.72. The molecule has 2 N–H and O–H groups in total. The van der Waals surface area contributed by atoms with Gasteiger partial charge in [-0.15, -0.1) is 0 Å². The maximum atomic E-state index is 15.1. The summed E-state index contributed by atoms with van der Waals surface area (Å²) in [4.78, 5) is 44.9. The third kappa shape index (κ3) is 8.37. The van der Waals surface area contributed by atoms with Crippen molar-refractivity contribution < 1.29 is 27.6 Å². The summed E-state index contributed by atoms with van der Waals surface area (Å²) in [7, 11) is 0. The van der Waals surface area contributed by atoms with Gasteiger partial charge in [0.1, 0.15) is 5.82 Å². The molecule has 2 aromatic rings. The first kappa shape index (κ1) is 30.7. The second-order valence-electron chi connectivity index (χ2n) is 9.90. The Bertz CT molecular complexity index is 1210. The number of nitrogens with one attached hydrogen (secondary N) is 2. The molecule has 4 rings (SSSR count). The Morgan fingerprint density at radius 2 is 1.59 bits per heavy atom. The van der Waals surface area contributed by atoms with Crippen LogP contribution in [0.1, 0.15) is 28.4 Å². The number of halogens is 3. The predicted molar refractivity (Wildman–Crippen MR) is 152 cm³/mol. The van der Waals surface area contributed by atoms with E-state index in [9.17, 15) is 23.2 Å². The number of hydrogen-bond donors (Lipinski definition) is 2. The fraction of sp³-hybridized carbons (Fsp3) is 0.464. The van der Waals surface area contributed by atoms with Gasteiger partial charge in [-0.3, -0.25) is 30.2 Å². The number of hydrogen-bond acceptors (Lipinski definition) is 6. The summed E-state index contributed by atoms with van der Waals surface area (Å²) < 4.78 is 39.8. The maximum absolute atomic E-state index is 15.1. The monoisotopic (exact) mass is 592 g/mol. The van der Waals surface area contributed by atoms with Gasteiger partial charge in [-0.2, -0.15) is 20.5 Å². The van der Waals surface area contributed by atoms with E-state index in [1.165, 1.54) is 17.0 Å². The van der Waals surface area contributed by atoms with E-state index in [4.69, 9.17) is 0 Å². The van der Waals surface area contributed by atoms with Crippen molar-refractivity contribution in [2.24, 2.45) is 0 Å². The Morgan fingerprint density at radius 3 is 2.20 bits per heavy atom. The Kier molecular flexibility index (Phi) is 10.9. The van der Waals surface area contributed by atoms with Crippen LogP contribution in [0.25, 0.3) is 0 Å². The minimum Gasteiger partial charge on any atom is -0.323 e. The average Bonchev–Trinajstić information content (AvgIpc) is 3.00. The van der Waals surface area contributed by atoms with Gasteiger partial charge >= 0.3 is 18.4 Å². The highest BCUT2D eigenvalue weighted by atomic mass is 32.2. The standard InChI is InChI=1S/C28H35F3N6O3S/c1-2-34-9-11-35(12-10-34)18-20-3-7-23(8-4-20)37(28(40)36-13-15-41-16-14-36)19-22-6-5-21(17-24(22)29)26(38)32-33-27(39)25(30)31/h3-8,17,25H,2,9-16,18-19H2,1H3,(H,32,38)(H,33,39). The minimum absolute atomic E-state index is 0.0728. The Hall–Kier alpha value is -3.29. The molecule has 13 heteroatoms. The summed E-state index contributed by atoms with van der Waals surface area (Å²) in [5, 5.41) is 0. The molecular weight excluding hydrogens is 557 g/mol. The minimum atomic E-state index is -3.30. The molecule has 2 fully saturated rings. The van der Waals surface area contributed by atoms with Gasteiger partial charge in [-0.1, -0.05) is 25.1 Å². The number of amides is 4. The Balaban J connectivity index is 1.48. The van der Waals surface area contributed by atoms with Crippen molar-refractivity contribution in [1.82, 2.24) is 25.6 Å². The molecular formula is C28H35F3N6O3S. The van der Waals surface area contributed by atoms with Crippen molar-refractivity contribution in [1.29, 1.82) is 0 Å². The molecule has 0 saturated carbocycles. The third-order valence-corrected chi connectivity index (χ3v) is 8.16. The number of benzene rings is 2. The molecule has 0 unspecified atom stereocenters. The van der Waals surface area contributed by atoms with Crippen molar-refractivity contribution in [2.75, 3.05) is 62.2 Å². The van der Waals surface area contributed by atoms with Gasteiger partial charge in [0.05, 0.1) is 6.54 Å². The zero-order valence-electron chi connectivity index (χ0n) is 23.0. The zero-order chi connectivity index (χ0) is 29.4. The summed E-state index contributed by atoms with van der Waals surface area (Å²) >= 11 is 1.78. The normalized spacial score (nSPS) is 16.5. The van der Waals surface area contributed by atoms with Crippen molar-refractivity contribution in [2.45, 2.75) is 26.4 Å². The van der Waals surface area contributed by atoms with Gasteiger partial charge in [-0.25, -0.2) is 9.18 Å². The van der Waals surface area contributed by atoms with Crippen LogP contribution in [0.3, 0.4) is 0 Å². The molecule has 2 aliphatic rings. The first-order valence-electron chi connectivity index (χ1n) is 13.6. The highest BCUT2D eigenvalue weighted by molar-refractivity contribution is 7.99. The molecule has 2 saturated heterocycles. The van der Waals surface area contributed by atoms with Crippen LogP contribution >= 0.6 is 11.8 Å². The second-order valence-corrected chi connectivity index (χ2v) is 11.1. The first-order valence-corrected chi connectivity index (χ1v) is 14.7. The van der Waals surface area contributed by atoms with Gasteiger partial charge < -0.3 is 9.80 Å². The van der Waals surface area contributed by atoms with E-state index in [1.54, 1.807) is 22.1 Å². The third-order valence-electron chi connectivity index (χ3n) is 7.22. The quantitative estimate of drug-likeness (QED) is 0.458. The number of urea groups is 1. The molecule has 222 valence electrons. The summed E-state index contributed by atoms with van der Waals surface area (Å²) in [6.07, 6.45) is -3.30. The lowest BCUT2D eigenvalue weighted by molar-refractivity contribution is -0.132. The number of carbonyl (C=O) groups is 3. The predicted octanol–water partition coefficient (Wildman–Crippen LogP) is 3.16. The molecule has 4 amide bonds. The Morgan fingerprint density at radius 1 is 0.927 bits per heavy atom. The van der Waals surface area contributed by atoms with Crippen molar-refractivity contribution in [3.8, 4) is 0 Å². The topological polar surface area (TPSA) is 88.2 Å². The van der Waals surface area contributed by atoms with Crippen LogP contribution in [0, 0.1) is 5.82 Å². The fourth-order valence-electron chi connectivity index (χ4n) is 4.73. The van der Waals surface area contributed by atoms with Crippen LogP contribution in [0.4, 0.5) is 23.7 Å². The van der Waals surface area contributed by atoms with Crippen molar-refractivity contribution >= 4 is 35.3 Å². The first-order chi connectivity index (χ1) is 19.7. The number of rotatable bonds is 8. The van der Waals surface area contributed by atoms with Gasteiger partial charge in [0.2, 0.25) is 0 Å². The molecule has 41 heavy (non-hydrogen) atoms. The molecule has 2 aliphatic heterocycles. The van der Waals surface area contributed by atoms with Crippen molar-refractivity contribution in [3.05, 3.63) is 65.0 Å². The van der Waals surface area contributed by atoms with Crippen LogP contribution in [-0.4, -0.2) is 96.3 Å². The maximum Gasteiger partial charge on any atom is 0.324 e. The van der Waals surface area contributed by atoms with Gasteiger partial charge in [0.15, 0.2) is 0 Å². The highest BCUT2D eigenvalue weighted by Crippen LogP contribution is 2.24. The van der Waals surface area contributed by atoms with Crippen LogP contribution in [0.15, 0.2) is 42.5 Å². The van der Waals surface area contributed by atoms with E-state index < -0.39 is 24.1 Å². The van der Waals surface area contributed by atoms with Crippen molar-refractivity contribution in [3.63, 3.8) is 0 Å². The summed E-state index contributed by atoms with van der Waals surface area (Å²) in [5.41, 5.74) is 5.17. The molecule has 0 atom stereocenters. The van der Waals surface area contributed by atoms with Crippen LogP contribution in [0.5, 0.6) is 0 Å². The lowest BCUT2D eigenvalue weighted by atomic mass is 10.1. The smallest absolute Gasteiger partial charge is 0.323 e. The molecule has 9 nitrogen and oxygen atoms in total. The van der Waals surface area contributed by atoms with Gasteiger partial charge in [-0.05, 0) is 36.4 Å². The van der Waals surface area contributed by atoms with Crippen LogP contribution < -0.4 is 15.8 Å². The van der Waals surface area contributed by atoms with Crippen LogP contribution in [0.2, 0.25) is 0 Å². The summed E-state index contributed by atoms with van der Waals surface area (Å²) in [6, 6.07) is 11.1. The SMILES string of the molecule is CCN1CCN(Cc2ccc(N(Cc3ccc(C(=O)NNC(=O)C(F)F)cc3F)C(=O)N3CCSCC3)cc2)CC1. The van der Waals surface area contributed by atoms with E-state index in [0.717, 1.165) is 62.4 Å². The number of likely N-dealkylation sites (N-methyl/N-ethyl adjacent to an activating group) is 1. The fourth-order valence-corrected chi connectivity index (χ4v) is 5.63. The van der Waals surface area contributed by atoms with E-state index in [2.05, 4.69) is 16.7 Å². The molecule has 0 aliphatic carbocycles. The van der Waals surface area contributed by atoms with E-state index in [-0.39, 0.29) is 23.7 Å². The van der Waals surface area contributed by atoms with Crippen LogP contribution in [-0.2, 0) is 17.9 Å². The van der Waals surface area contributed by atoms with Gasteiger partial charge in [0.25, 0.3) is 5.91 Å². The largest absolute Gasteiger partial charge is 0.324 e.